The summed E-state index contributed by atoms with van der Waals surface area (Å²) in [7, 11) is 2.03. The van der Waals surface area contributed by atoms with E-state index in [-0.39, 0.29) is 0 Å². The van der Waals surface area contributed by atoms with E-state index in [2.05, 4.69) is 12.2 Å². The molecule has 0 aliphatic heterocycles. The van der Waals surface area contributed by atoms with Crippen LogP contribution in [0, 0.1) is 5.92 Å². The molecular weight excluding hydrogens is 174 g/mol. The highest BCUT2D eigenvalue weighted by molar-refractivity contribution is 4.81. The summed E-state index contributed by atoms with van der Waals surface area (Å²) in [5.74, 6) is 0.876. The first-order valence-electron chi connectivity index (χ1n) is 6.13. The van der Waals surface area contributed by atoms with Crippen molar-refractivity contribution in [3.63, 3.8) is 0 Å². The Hall–Kier alpha value is -0.0800. The van der Waals surface area contributed by atoms with Crippen molar-refractivity contribution < 1.29 is 4.74 Å². The molecule has 1 aliphatic carbocycles. The molecule has 0 radical (unpaired) electrons. The van der Waals surface area contributed by atoms with Gasteiger partial charge in [0.25, 0.3) is 0 Å². The van der Waals surface area contributed by atoms with Gasteiger partial charge in [-0.15, -0.1) is 0 Å². The zero-order chi connectivity index (χ0) is 10.2. The van der Waals surface area contributed by atoms with Crippen LogP contribution in [-0.4, -0.2) is 26.3 Å². The largest absolute Gasteiger partial charge is 0.378 e. The van der Waals surface area contributed by atoms with Gasteiger partial charge in [-0.1, -0.05) is 26.2 Å². The van der Waals surface area contributed by atoms with Crippen molar-refractivity contribution in [2.24, 2.45) is 5.92 Å². The van der Waals surface area contributed by atoms with Crippen LogP contribution in [0.3, 0.4) is 0 Å². The molecule has 84 valence electrons. The third kappa shape index (κ3) is 4.43. The second-order valence-corrected chi connectivity index (χ2v) is 4.45. The first kappa shape index (κ1) is 12.0. The number of nitrogens with one attached hydrogen (secondary N) is 1. The predicted octanol–water partition coefficient (Wildman–Crippen LogP) is 2.58. The molecule has 1 rings (SSSR count). The van der Waals surface area contributed by atoms with Gasteiger partial charge in [-0.05, 0) is 38.8 Å². The Bertz CT molecular complexity index is 132. The summed E-state index contributed by atoms with van der Waals surface area (Å²) in [6.07, 6.45) is 8.38. The van der Waals surface area contributed by atoms with Crippen LogP contribution in [0.25, 0.3) is 0 Å². The van der Waals surface area contributed by atoms with Crippen LogP contribution in [0.5, 0.6) is 0 Å². The van der Waals surface area contributed by atoms with Crippen molar-refractivity contribution in [2.45, 2.75) is 51.6 Å². The fourth-order valence-electron chi connectivity index (χ4n) is 2.04. The van der Waals surface area contributed by atoms with E-state index in [1.807, 2.05) is 7.05 Å². The summed E-state index contributed by atoms with van der Waals surface area (Å²) in [5, 5.41) is 3.22. The Kier molecular flexibility index (Phi) is 6.20. The fraction of sp³-hybridized carbons (Fsp3) is 1.00. The fourth-order valence-corrected chi connectivity index (χ4v) is 2.04. The van der Waals surface area contributed by atoms with Crippen LogP contribution < -0.4 is 5.32 Å². The molecule has 0 amide bonds. The van der Waals surface area contributed by atoms with Gasteiger partial charge >= 0.3 is 0 Å². The summed E-state index contributed by atoms with van der Waals surface area (Å²) in [6.45, 7) is 4.39. The number of unbranched alkanes of at least 4 members (excludes halogenated alkanes) is 3. The molecular formula is C12H25NO. The summed E-state index contributed by atoms with van der Waals surface area (Å²) in [4.78, 5) is 0. The van der Waals surface area contributed by atoms with Gasteiger partial charge in [0.05, 0.1) is 6.10 Å². The minimum Gasteiger partial charge on any atom is -0.378 e. The molecule has 0 unspecified atom stereocenters. The highest BCUT2D eigenvalue weighted by Crippen LogP contribution is 2.29. The summed E-state index contributed by atoms with van der Waals surface area (Å²) < 4.78 is 5.77. The first-order chi connectivity index (χ1) is 6.86. The molecule has 0 bridgehead atoms. The molecule has 0 aromatic carbocycles. The summed E-state index contributed by atoms with van der Waals surface area (Å²) in [6, 6.07) is 0. The Morgan fingerprint density at radius 1 is 1.21 bits per heavy atom. The van der Waals surface area contributed by atoms with Crippen molar-refractivity contribution in [1.29, 1.82) is 0 Å². The molecule has 14 heavy (non-hydrogen) atoms. The number of hydrogen-bond acceptors (Lipinski definition) is 2. The van der Waals surface area contributed by atoms with E-state index in [0.717, 1.165) is 19.1 Å². The molecule has 2 nitrogen and oxygen atoms in total. The van der Waals surface area contributed by atoms with E-state index in [4.69, 9.17) is 4.74 Å². The zero-order valence-electron chi connectivity index (χ0n) is 9.72. The minimum absolute atomic E-state index is 0.579. The van der Waals surface area contributed by atoms with Crippen LogP contribution in [0.15, 0.2) is 0 Å². The second-order valence-electron chi connectivity index (χ2n) is 4.45. The molecule has 0 spiro atoms. The van der Waals surface area contributed by atoms with Crippen molar-refractivity contribution in [3.8, 4) is 0 Å². The van der Waals surface area contributed by atoms with E-state index in [1.165, 1.54) is 38.5 Å². The summed E-state index contributed by atoms with van der Waals surface area (Å²) in [5.41, 5.74) is 0. The van der Waals surface area contributed by atoms with Gasteiger partial charge in [0.1, 0.15) is 0 Å². The van der Waals surface area contributed by atoms with Gasteiger partial charge in [-0.2, -0.15) is 0 Å². The standard InChI is InChI=1S/C12H25NO/c1-3-4-5-6-7-14-12-8-11(9-12)10-13-2/h11-13H,3-10H2,1-2H3. The molecule has 0 atom stereocenters. The lowest BCUT2D eigenvalue weighted by molar-refractivity contribution is -0.0307. The van der Waals surface area contributed by atoms with E-state index >= 15 is 0 Å². The van der Waals surface area contributed by atoms with Gasteiger partial charge < -0.3 is 10.1 Å². The molecule has 0 heterocycles. The first-order valence-corrected chi connectivity index (χ1v) is 6.13. The third-order valence-electron chi connectivity index (χ3n) is 3.04. The summed E-state index contributed by atoms with van der Waals surface area (Å²) >= 11 is 0. The van der Waals surface area contributed by atoms with Gasteiger partial charge in [0.15, 0.2) is 0 Å². The van der Waals surface area contributed by atoms with Crippen molar-refractivity contribution in [1.82, 2.24) is 5.32 Å². The van der Waals surface area contributed by atoms with Crippen LogP contribution in [0.1, 0.15) is 45.4 Å². The van der Waals surface area contributed by atoms with Crippen LogP contribution in [0.4, 0.5) is 0 Å². The van der Waals surface area contributed by atoms with Crippen LogP contribution in [-0.2, 0) is 4.74 Å². The topological polar surface area (TPSA) is 21.3 Å². The van der Waals surface area contributed by atoms with Gasteiger partial charge in [0, 0.05) is 6.61 Å². The molecule has 0 saturated heterocycles. The third-order valence-corrected chi connectivity index (χ3v) is 3.04. The SMILES string of the molecule is CCCCCCOC1CC(CNC)C1. The predicted molar refractivity (Wildman–Crippen MR) is 60.5 cm³/mol. The maximum Gasteiger partial charge on any atom is 0.0581 e. The van der Waals surface area contributed by atoms with E-state index < -0.39 is 0 Å². The number of rotatable bonds is 8. The Balaban J connectivity index is 1.81. The Labute approximate surface area is 88.4 Å². The van der Waals surface area contributed by atoms with Crippen LogP contribution >= 0.6 is 0 Å². The average Bonchev–Trinajstić information content (AvgIpc) is 2.13. The lowest BCUT2D eigenvalue weighted by Gasteiger charge is -2.35. The molecule has 0 aromatic heterocycles. The quantitative estimate of drug-likeness (QED) is 0.607. The zero-order valence-corrected chi connectivity index (χ0v) is 9.72. The maximum absolute atomic E-state index is 5.77. The molecule has 0 aromatic rings. The highest BCUT2D eigenvalue weighted by atomic mass is 16.5. The maximum atomic E-state index is 5.77. The van der Waals surface area contributed by atoms with Gasteiger partial charge in [-0.3, -0.25) is 0 Å². The lowest BCUT2D eigenvalue weighted by atomic mass is 9.82. The second kappa shape index (κ2) is 7.24. The van der Waals surface area contributed by atoms with E-state index in [9.17, 15) is 0 Å². The molecule has 2 heteroatoms. The smallest absolute Gasteiger partial charge is 0.0581 e. The minimum atomic E-state index is 0.579. The molecule has 1 fully saturated rings. The number of hydrogen-bond donors (Lipinski definition) is 1. The molecule has 1 N–H and O–H groups in total. The Morgan fingerprint density at radius 2 is 2.00 bits per heavy atom. The highest BCUT2D eigenvalue weighted by Gasteiger charge is 2.28. The van der Waals surface area contributed by atoms with Crippen molar-refractivity contribution in [2.75, 3.05) is 20.2 Å². The van der Waals surface area contributed by atoms with Crippen LogP contribution in [0.2, 0.25) is 0 Å². The Morgan fingerprint density at radius 3 is 2.64 bits per heavy atom. The van der Waals surface area contributed by atoms with Crippen molar-refractivity contribution in [3.05, 3.63) is 0 Å². The number of ether oxygens (including phenoxy) is 1. The normalized spacial score (nSPS) is 26.1. The van der Waals surface area contributed by atoms with Crippen molar-refractivity contribution >= 4 is 0 Å². The average molecular weight is 199 g/mol. The monoisotopic (exact) mass is 199 g/mol. The van der Waals surface area contributed by atoms with E-state index in [0.29, 0.717) is 6.10 Å². The molecule has 1 saturated carbocycles. The molecule has 1 aliphatic rings. The lowest BCUT2D eigenvalue weighted by Crippen LogP contribution is -2.37. The van der Waals surface area contributed by atoms with Gasteiger partial charge in [-0.25, -0.2) is 0 Å². The van der Waals surface area contributed by atoms with E-state index in [1.54, 1.807) is 0 Å². The van der Waals surface area contributed by atoms with Gasteiger partial charge in [0.2, 0.25) is 0 Å².